The van der Waals surface area contributed by atoms with Crippen molar-refractivity contribution in [3.63, 3.8) is 0 Å². The van der Waals surface area contributed by atoms with Crippen LogP contribution in [0.15, 0.2) is 39.3 Å². The molecule has 1 N–H and O–H groups in total. The lowest BCUT2D eigenvalue weighted by Gasteiger charge is -2.21. The number of benzene rings is 2. The second-order valence-corrected chi connectivity index (χ2v) is 6.90. The molecule has 0 aliphatic heterocycles. The molecule has 0 radical (unpaired) electrons. The van der Waals surface area contributed by atoms with Crippen LogP contribution in [-0.2, 0) is 0 Å². The summed E-state index contributed by atoms with van der Waals surface area (Å²) in [6.07, 6.45) is 0. The molecule has 3 heteroatoms. The largest absolute Gasteiger partial charge is 0.309 e. The van der Waals surface area contributed by atoms with Gasteiger partial charge in [0, 0.05) is 8.95 Å². The van der Waals surface area contributed by atoms with Crippen LogP contribution in [0.4, 0.5) is 0 Å². The first kappa shape index (κ1) is 15.7. The molecule has 0 fully saturated rings. The molecule has 0 aliphatic carbocycles. The summed E-state index contributed by atoms with van der Waals surface area (Å²) in [7, 11) is 2.01. The van der Waals surface area contributed by atoms with E-state index in [1.54, 1.807) is 0 Å². The van der Waals surface area contributed by atoms with Gasteiger partial charge < -0.3 is 5.32 Å². The molecule has 2 rings (SSSR count). The second kappa shape index (κ2) is 6.42. The van der Waals surface area contributed by atoms with Crippen molar-refractivity contribution in [3.8, 4) is 0 Å². The Morgan fingerprint density at radius 1 is 0.850 bits per heavy atom. The molecule has 1 nitrogen and oxygen atoms in total. The fraction of sp³-hybridized carbons (Fsp3) is 0.294. The fourth-order valence-electron chi connectivity index (χ4n) is 2.46. The van der Waals surface area contributed by atoms with Gasteiger partial charge in [-0.05, 0) is 67.8 Å². The van der Waals surface area contributed by atoms with Crippen LogP contribution in [0.2, 0.25) is 0 Å². The molecular formula is C17H19Br2N. The standard InChI is InChI=1S/C17H19Br2N/c1-10-9-16(19)12(3)8-14(10)17(20-4)13-5-6-15(18)11(2)7-13/h5-9,17,20H,1-4H3. The van der Waals surface area contributed by atoms with Crippen molar-refractivity contribution >= 4 is 31.9 Å². The van der Waals surface area contributed by atoms with Crippen LogP contribution in [0.5, 0.6) is 0 Å². The summed E-state index contributed by atoms with van der Waals surface area (Å²) >= 11 is 7.17. The molecule has 0 saturated carbocycles. The van der Waals surface area contributed by atoms with Gasteiger partial charge in [-0.3, -0.25) is 0 Å². The summed E-state index contributed by atoms with van der Waals surface area (Å²) in [5, 5.41) is 3.44. The highest BCUT2D eigenvalue weighted by atomic mass is 79.9. The minimum Gasteiger partial charge on any atom is -0.309 e. The summed E-state index contributed by atoms with van der Waals surface area (Å²) in [6.45, 7) is 6.42. The van der Waals surface area contributed by atoms with Gasteiger partial charge in [0.1, 0.15) is 0 Å². The zero-order valence-corrected chi connectivity index (χ0v) is 15.4. The third-order valence-electron chi connectivity index (χ3n) is 3.66. The third kappa shape index (κ3) is 3.16. The number of aryl methyl sites for hydroxylation is 3. The van der Waals surface area contributed by atoms with Crippen molar-refractivity contribution in [2.24, 2.45) is 0 Å². The first-order chi connectivity index (χ1) is 9.43. The van der Waals surface area contributed by atoms with Crippen molar-refractivity contribution in [2.45, 2.75) is 26.8 Å². The highest BCUT2D eigenvalue weighted by molar-refractivity contribution is 9.10. The van der Waals surface area contributed by atoms with Crippen molar-refractivity contribution in [3.05, 3.63) is 67.1 Å². The number of rotatable bonds is 3. The van der Waals surface area contributed by atoms with E-state index in [1.165, 1.54) is 32.3 Å². The Morgan fingerprint density at radius 2 is 1.50 bits per heavy atom. The molecule has 1 atom stereocenters. The van der Waals surface area contributed by atoms with Crippen LogP contribution in [0.3, 0.4) is 0 Å². The van der Waals surface area contributed by atoms with E-state index in [0.717, 1.165) is 4.47 Å². The van der Waals surface area contributed by atoms with E-state index in [-0.39, 0.29) is 6.04 Å². The Morgan fingerprint density at radius 3 is 2.10 bits per heavy atom. The Labute approximate surface area is 138 Å². The van der Waals surface area contributed by atoms with E-state index in [9.17, 15) is 0 Å². The summed E-state index contributed by atoms with van der Waals surface area (Å²) in [5.41, 5.74) is 6.43. The number of nitrogens with one attached hydrogen (secondary N) is 1. The van der Waals surface area contributed by atoms with Gasteiger partial charge in [-0.1, -0.05) is 50.1 Å². The number of halogens is 2. The van der Waals surface area contributed by atoms with E-state index >= 15 is 0 Å². The molecule has 20 heavy (non-hydrogen) atoms. The quantitative estimate of drug-likeness (QED) is 0.727. The van der Waals surface area contributed by atoms with E-state index < -0.39 is 0 Å². The molecule has 1 unspecified atom stereocenters. The van der Waals surface area contributed by atoms with Gasteiger partial charge in [0.2, 0.25) is 0 Å². The Kier molecular flexibility index (Phi) is 5.05. The van der Waals surface area contributed by atoms with Crippen LogP contribution in [0.25, 0.3) is 0 Å². The molecule has 0 spiro atoms. The molecule has 0 saturated heterocycles. The summed E-state index contributed by atoms with van der Waals surface area (Å²) in [6, 6.07) is 11.2. The van der Waals surface area contributed by atoms with Gasteiger partial charge in [-0.15, -0.1) is 0 Å². The average molecular weight is 397 g/mol. The zero-order valence-electron chi connectivity index (χ0n) is 12.2. The predicted molar refractivity (Wildman–Crippen MR) is 93.4 cm³/mol. The molecule has 0 aliphatic rings. The lowest BCUT2D eigenvalue weighted by Crippen LogP contribution is -2.19. The van der Waals surface area contributed by atoms with Crippen LogP contribution in [0.1, 0.15) is 33.9 Å². The van der Waals surface area contributed by atoms with Crippen LogP contribution in [-0.4, -0.2) is 7.05 Å². The summed E-state index contributed by atoms with van der Waals surface area (Å²) < 4.78 is 2.32. The molecular weight excluding hydrogens is 378 g/mol. The maximum absolute atomic E-state index is 3.60. The lowest BCUT2D eigenvalue weighted by molar-refractivity contribution is 0.686. The number of hydrogen-bond donors (Lipinski definition) is 1. The molecule has 2 aromatic rings. The minimum absolute atomic E-state index is 0.216. The molecule has 2 aromatic carbocycles. The molecule has 0 amide bonds. The Bertz CT molecular complexity index is 635. The van der Waals surface area contributed by atoms with E-state index in [2.05, 4.69) is 88.3 Å². The summed E-state index contributed by atoms with van der Waals surface area (Å²) in [4.78, 5) is 0. The van der Waals surface area contributed by atoms with Gasteiger partial charge in [0.25, 0.3) is 0 Å². The van der Waals surface area contributed by atoms with Gasteiger partial charge >= 0.3 is 0 Å². The maximum Gasteiger partial charge on any atom is 0.0577 e. The average Bonchev–Trinajstić information content (AvgIpc) is 2.40. The van der Waals surface area contributed by atoms with Crippen molar-refractivity contribution in [1.82, 2.24) is 5.32 Å². The Balaban J connectivity index is 2.52. The molecule has 0 aromatic heterocycles. The van der Waals surface area contributed by atoms with Crippen molar-refractivity contribution in [1.29, 1.82) is 0 Å². The first-order valence-corrected chi connectivity index (χ1v) is 8.22. The monoisotopic (exact) mass is 395 g/mol. The fourth-order valence-corrected chi connectivity index (χ4v) is 3.17. The lowest BCUT2D eigenvalue weighted by atomic mass is 9.93. The number of hydrogen-bond acceptors (Lipinski definition) is 1. The van der Waals surface area contributed by atoms with E-state index in [1.807, 2.05) is 7.05 Å². The topological polar surface area (TPSA) is 12.0 Å². The van der Waals surface area contributed by atoms with E-state index in [0.29, 0.717) is 0 Å². The van der Waals surface area contributed by atoms with Crippen LogP contribution >= 0.6 is 31.9 Å². The zero-order chi connectivity index (χ0) is 14.9. The summed E-state index contributed by atoms with van der Waals surface area (Å²) in [5.74, 6) is 0. The van der Waals surface area contributed by atoms with Crippen LogP contribution in [0, 0.1) is 20.8 Å². The normalized spacial score (nSPS) is 12.5. The SMILES string of the molecule is CNC(c1ccc(Br)c(C)c1)c1cc(C)c(Br)cc1C. The first-order valence-electron chi connectivity index (χ1n) is 6.64. The third-order valence-corrected chi connectivity index (χ3v) is 5.41. The smallest absolute Gasteiger partial charge is 0.0577 e. The second-order valence-electron chi connectivity index (χ2n) is 5.19. The molecule has 106 valence electrons. The maximum atomic E-state index is 3.60. The van der Waals surface area contributed by atoms with Gasteiger partial charge in [0.05, 0.1) is 6.04 Å². The predicted octanol–water partition coefficient (Wildman–Crippen LogP) is 5.45. The Hall–Kier alpha value is -0.640. The molecule has 0 bridgehead atoms. The van der Waals surface area contributed by atoms with E-state index in [4.69, 9.17) is 0 Å². The van der Waals surface area contributed by atoms with Crippen molar-refractivity contribution < 1.29 is 0 Å². The van der Waals surface area contributed by atoms with Crippen LogP contribution < -0.4 is 5.32 Å². The van der Waals surface area contributed by atoms with Gasteiger partial charge in [-0.2, -0.15) is 0 Å². The highest BCUT2D eigenvalue weighted by Crippen LogP contribution is 2.30. The van der Waals surface area contributed by atoms with Gasteiger partial charge in [0.15, 0.2) is 0 Å². The van der Waals surface area contributed by atoms with Crippen molar-refractivity contribution in [2.75, 3.05) is 7.05 Å². The highest BCUT2D eigenvalue weighted by Gasteiger charge is 2.16. The molecule has 0 heterocycles. The minimum atomic E-state index is 0.216. The van der Waals surface area contributed by atoms with Gasteiger partial charge in [-0.25, -0.2) is 0 Å².